The lowest BCUT2D eigenvalue weighted by Crippen LogP contribution is -2.24. The fourth-order valence-corrected chi connectivity index (χ4v) is 11.5. The van der Waals surface area contributed by atoms with E-state index in [-0.39, 0.29) is 17.0 Å². The Morgan fingerprint density at radius 1 is 0.831 bits per heavy atom. The number of hydrogen-bond donors (Lipinski definition) is 1. The van der Waals surface area contributed by atoms with Crippen LogP contribution in [0, 0.1) is 5.92 Å². The monoisotopic (exact) mass is 850 g/mol. The van der Waals surface area contributed by atoms with Crippen LogP contribution in [0.15, 0.2) is 169 Å². The average Bonchev–Trinajstić information content (AvgIpc) is 3.80. The highest BCUT2D eigenvalue weighted by atomic mass is 15.2. The van der Waals surface area contributed by atoms with Gasteiger partial charge in [0.1, 0.15) is 6.17 Å². The summed E-state index contributed by atoms with van der Waals surface area (Å²) in [5.74, 6) is 0.542. The van der Waals surface area contributed by atoms with E-state index < -0.39 is 0 Å². The largest absolute Gasteiger partial charge is 0.371 e. The van der Waals surface area contributed by atoms with E-state index in [1.807, 2.05) is 12.3 Å². The molecule has 0 amide bonds. The van der Waals surface area contributed by atoms with Gasteiger partial charge in [-0.15, -0.1) is 0 Å². The van der Waals surface area contributed by atoms with Gasteiger partial charge in [0.25, 0.3) is 0 Å². The minimum Gasteiger partial charge on any atom is -0.371 e. The van der Waals surface area contributed by atoms with Crippen molar-refractivity contribution in [3.05, 3.63) is 209 Å². The first-order valence-corrected chi connectivity index (χ1v) is 24.1. The lowest BCUT2D eigenvalue weighted by Gasteiger charge is -2.34. The van der Waals surface area contributed by atoms with Gasteiger partial charge in [-0.1, -0.05) is 180 Å². The van der Waals surface area contributed by atoms with Crippen LogP contribution in [0.2, 0.25) is 0 Å². The predicted octanol–water partition coefficient (Wildman–Crippen LogP) is 15.9. The number of para-hydroxylation sites is 1. The second-order valence-electron chi connectivity index (χ2n) is 19.7. The molecule has 6 aromatic rings. The van der Waals surface area contributed by atoms with Gasteiger partial charge in [0.15, 0.2) is 0 Å². The topological polar surface area (TPSA) is 29.3 Å². The van der Waals surface area contributed by atoms with Crippen LogP contribution in [0.1, 0.15) is 124 Å². The molecule has 4 aliphatic rings. The van der Waals surface area contributed by atoms with Crippen LogP contribution < -0.4 is 5.32 Å². The summed E-state index contributed by atoms with van der Waals surface area (Å²) in [6.07, 6.45) is 28.3. The molecule has 0 saturated heterocycles. The van der Waals surface area contributed by atoms with Gasteiger partial charge in [0.2, 0.25) is 0 Å². The third-order valence-corrected chi connectivity index (χ3v) is 15.0. The van der Waals surface area contributed by atoms with E-state index in [0.717, 1.165) is 56.2 Å². The number of aromatic nitrogens is 1. The molecule has 65 heavy (non-hydrogen) atoms. The molecule has 1 aromatic heterocycles. The molecule has 0 fully saturated rings. The normalized spacial score (nSPS) is 20.1. The van der Waals surface area contributed by atoms with Crippen LogP contribution in [0.5, 0.6) is 0 Å². The van der Waals surface area contributed by atoms with E-state index in [9.17, 15) is 0 Å². The van der Waals surface area contributed by atoms with Crippen LogP contribution in [0.25, 0.3) is 50.0 Å². The average molecular weight is 850 g/mol. The van der Waals surface area contributed by atoms with Gasteiger partial charge in [-0.25, -0.2) is 0 Å². The van der Waals surface area contributed by atoms with Gasteiger partial charge < -0.3 is 9.88 Å². The summed E-state index contributed by atoms with van der Waals surface area (Å²) in [6.45, 7) is 16.1. The molecule has 2 unspecified atom stereocenters. The smallest absolute Gasteiger partial charge is 0.100 e. The van der Waals surface area contributed by atoms with Crippen molar-refractivity contribution >= 4 is 34.0 Å². The summed E-state index contributed by atoms with van der Waals surface area (Å²) in [5.41, 5.74) is 21.4. The molecule has 3 nitrogen and oxygen atoms in total. The van der Waals surface area contributed by atoms with Gasteiger partial charge in [0, 0.05) is 39.3 Å². The quantitative estimate of drug-likeness (QED) is 0.0965. The maximum absolute atomic E-state index is 4.63. The highest BCUT2D eigenvalue weighted by molar-refractivity contribution is 6.04. The van der Waals surface area contributed by atoms with Gasteiger partial charge in [-0.2, -0.15) is 0 Å². The Morgan fingerprint density at radius 2 is 1.60 bits per heavy atom. The lowest BCUT2D eigenvalue weighted by atomic mass is 9.70. The Labute approximate surface area is 387 Å². The number of hydrogen-bond acceptors (Lipinski definition) is 2. The fraction of sp³-hybridized carbons (Fsp3) is 0.274. The third kappa shape index (κ3) is 7.84. The van der Waals surface area contributed by atoms with Crippen LogP contribution in [0.4, 0.5) is 0 Å². The number of aliphatic imine (C=N–C) groups is 1. The first kappa shape index (κ1) is 42.5. The molecule has 4 aliphatic carbocycles. The number of nitrogens with zero attached hydrogens (tertiary/aromatic N) is 2. The number of fused-ring (bicyclic) bond motifs is 8. The van der Waals surface area contributed by atoms with Crippen molar-refractivity contribution in [2.45, 2.75) is 103 Å². The van der Waals surface area contributed by atoms with Crippen molar-refractivity contribution in [1.29, 1.82) is 0 Å². The van der Waals surface area contributed by atoms with Crippen molar-refractivity contribution in [3.8, 4) is 22.3 Å². The van der Waals surface area contributed by atoms with Crippen LogP contribution in [-0.2, 0) is 23.7 Å². The Balaban J connectivity index is 0.874. The summed E-state index contributed by atoms with van der Waals surface area (Å²) in [5, 5.41) is 5.18. The zero-order valence-electron chi connectivity index (χ0n) is 39.0. The van der Waals surface area contributed by atoms with E-state index >= 15 is 0 Å². The first-order chi connectivity index (χ1) is 31.6. The Hall–Kier alpha value is -6.45. The maximum Gasteiger partial charge on any atom is 0.100 e. The molecule has 1 N–H and O–H groups in total. The van der Waals surface area contributed by atoms with E-state index in [1.165, 1.54) is 89.8 Å². The summed E-state index contributed by atoms with van der Waals surface area (Å²) in [7, 11) is 0. The molecule has 1 heterocycles. The molecule has 3 heteroatoms. The van der Waals surface area contributed by atoms with Gasteiger partial charge in [-0.05, 0) is 138 Å². The molecule has 326 valence electrons. The molecular formula is C62H63N3. The molecule has 10 rings (SSSR count). The minimum atomic E-state index is -0.0594. The van der Waals surface area contributed by atoms with Gasteiger partial charge in [0.05, 0.1) is 11.2 Å². The number of benzene rings is 5. The van der Waals surface area contributed by atoms with Crippen LogP contribution in [0.3, 0.4) is 0 Å². The maximum atomic E-state index is 4.63. The number of allylic oxidation sites excluding steroid dienone is 9. The van der Waals surface area contributed by atoms with Crippen molar-refractivity contribution in [2.24, 2.45) is 10.9 Å². The van der Waals surface area contributed by atoms with E-state index in [4.69, 9.17) is 0 Å². The molecule has 0 radical (unpaired) electrons. The number of aryl methyl sites for hydroxylation is 1. The molecule has 0 spiro atoms. The van der Waals surface area contributed by atoms with E-state index in [0.29, 0.717) is 5.92 Å². The van der Waals surface area contributed by atoms with Gasteiger partial charge in [-0.3, -0.25) is 4.99 Å². The Morgan fingerprint density at radius 3 is 2.45 bits per heavy atom. The fourth-order valence-electron chi connectivity index (χ4n) is 11.5. The second kappa shape index (κ2) is 17.5. The van der Waals surface area contributed by atoms with Crippen molar-refractivity contribution in [2.75, 3.05) is 0 Å². The van der Waals surface area contributed by atoms with E-state index in [2.05, 4.69) is 208 Å². The summed E-state index contributed by atoms with van der Waals surface area (Å²) >= 11 is 0. The number of unbranched alkanes of at least 4 members (excludes halogenated alkanes) is 1. The predicted molar refractivity (Wildman–Crippen MR) is 278 cm³/mol. The molecule has 0 aliphatic heterocycles. The third-order valence-electron chi connectivity index (χ3n) is 15.0. The molecule has 5 aromatic carbocycles. The minimum absolute atomic E-state index is 0.0152. The zero-order valence-corrected chi connectivity index (χ0v) is 39.0. The number of nitrogens with one attached hydrogen (secondary N) is 1. The van der Waals surface area contributed by atoms with Crippen molar-refractivity contribution < 1.29 is 0 Å². The summed E-state index contributed by atoms with van der Waals surface area (Å²) in [6, 6.07) is 41.1. The highest BCUT2D eigenvalue weighted by Gasteiger charge is 2.38. The van der Waals surface area contributed by atoms with E-state index in [1.54, 1.807) is 0 Å². The highest BCUT2D eigenvalue weighted by Crippen LogP contribution is 2.52. The lowest BCUT2D eigenvalue weighted by molar-refractivity contribution is 0.492. The van der Waals surface area contributed by atoms with Crippen molar-refractivity contribution in [3.63, 3.8) is 0 Å². The molecule has 3 atom stereocenters. The Bertz CT molecular complexity index is 2990. The number of rotatable bonds is 12. The van der Waals surface area contributed by atoms with Crippen molar-refractivity contribution in [1.82, 2.24) is 9.88 Å². The standard InChI is InChI=1S/C62H63N3/c1-42-20-10-12-23-50(42)47-31-29-45(30-32-47)43(2)63-38-16-8-7-9-17-39-64-44(3)65-58-36-33-46-21-11-13-24-51(46)59(58)55-27-18-26-52(60(55)65)48-22-19-37-62(6,41-48)49-34-35-54-53-25-14-15-28-56(53)61(4,5)57(54)40-49/h8,10-18,21,23-32,34-35,38-42,44,64H,2,7,9,19-20,22,33,36-37H2,1,3-6H3/b16-8+,39-17-,63-38?/t42?,44?,62-/m1/s1. The van der Waals surface area contributed by atoms with Crippen LogP contribution in [-0.4, -0.2) is 10.8 Å². The molecule has 0 bridgehead atoms. The first-order valence-electron chi connectivity index (χ1n) is 24.1. The Kier molecular flexibility index (Phi) is 11.4. The zero-order chi connectivity index (χ0) is 44.7. The molecule has 0 saturated carbocycles. The summed E-state index contributed by atoms with van der Waals surface area (Å²) < 4.78 is 2.64. The van der Waals surface area contributed by atoms with Crippen LogP contribution >= 0.6 is 0 Å². The van der Waals surface area contributed by atoms with Gasteiger partial charge >= 0.3 is 0 Å². The second-order valence-corrected chi connectivity index (χ2v) is 19.7. The molecular weight excluding hydrogens is 787 g/mol. The summed E-state index contributed by atoms with van der Waals surface area (Å²) in [4.78, 5) is 4.63. The SMILES string of the molecule is C=C(N=C/C=C/CC/C=C\NC(C)n1c2c(c3cccc(C4=C[C@](C)(c5ccc6c(c5)C(C)(C)c5ccccc5-6)CCC4)c31)-c1ccccc1CC2)c1ccc(C2=CC=CCC2C)cc1.